The van der Waals surface area contributed by atoms with Gasteiger partial charge in [-0.25, -0.2) is 9.80 Å². The minimum absolute atomic E-state index is 0.0579. The summed E-state index contributed by atoms with van der Waals surface area (Å²) in [6.45, 7) is 0.296. The number of rotatable bonds is 6. The number of nitrogens with one attached hydrogen (secondary N) is 1. The molecule has 0 radical (unpaired) electrons. The SMILES string of the molecule is COc1ccc(C2=NN(Cc3cccc(NC(N)=O)c3)C(=O)CC2)cc1OC. The highest BCUT2D eigenvalue weighted by molar-refractivity contribution is 6.04. The van der Waals surface area contributed by atoms with Crippen molar-refractivity contribution in [3.8, 4) is 11.5 Å². The molecule has 2 aromatic carbocycles. The van der Waals surface area contributed by atoms with Crippen molar-refractivity contribution < 1.29 is 19.1 Å². The van der Waals surface area contributed by atoms with E-state index in [0.717, 1.165) is 16.8 Å². The second-order valence-electron chi connectivity index (χ2n) is 6.26. The van der Waals surface area contributed by atoms with E-state index in [4.69, 9.17) is 15.2 Å². The van der Waals surface area contributed by atoms with E-state index < -0.39 is 6.03 Å². The largest absolute Gasteiger partial charge is 0.493 e. The van der Waals surface area contributed by atoms with Gasteiger partial charge in [-0.1, -0.05) is 12.1 Å². The van der Waals surface area contributed by atoms with Crippen molar-refractivity contribution in [2.45, 2.75) is 19.4 Å². The molecule has 0 atom stereocenters. The fourth-order valence-electron chi connectivity index (χ4n) is 3.01. The normalized spacial score (nSPS) is 13.7. The Balaban J connectivity index is 1.84. The van der Waals surface area contributed by atoms with Crippen molar-refractivity contribution in [2.75, 3.05) is 19.5 Å². The quantitative estimate of drug-likeness (QED) is 0.801. The highest BCUT2D eigenvalue weighted by Crippen LogP contribution is 2.29. The van der Waals surface area contributed by atoms with Gasteiger partial charge in [0.15, 0.2) is 11.5 Å². The Hall–Kier alpha value is -3.55. The topological polar surface area (TPSA) is 106 Å². The van der Waals surface area contributed by atoms with Gasteiger partial charge in [0.25, 0.3) is 0 Å². The number of benzene rings is 2. The van der Waals surface area contributed by atoms with Crippen LogP contribution in [-0.4, -0.2) is 36.9 Å². The number of amides is 3. The molecule has 0 unspecified atom stereocenters. The van der Waals surface area contributed by atoms with Gasteiger partial charge in [-0.3, -0.25) is 4.79 Å². The fourth-order valence-corrected chi connectivity index (χ4v) is 3.01. The van der Waals surface area contributed by atoms with Crippen LogP contribution in [0, 0.1) is 0 Å². The Morgan fingerprint density at radius 1 is 1.14 bits per heavy atom. The maximum Gasteiger partial charge on any atom is 0.316 e. The molecule has 1 aliphatic rings. The number of anilines is 1. The third-order valence-corrected chi connectivity index (χ3v) is 4.35. The molecular formula is C20H22N4O4. The highest BCUT2D eigenvalue weighted by Gasteiger charge is 2.22. The summed E-state index contributed by atoms with van der Waals surface area (Å²) < 4.78 is 10.6. The van der Waals surface area contributed by atoms with Crippen LogP contribution in [0.2, 0.25) is 0 Å². The molecule has 0 saturated heterocycles. The highest BCUT2D eigenvalue weighted by atomic mass is 16.5. The predicted octanol–water partition coefficient (Wildman–Crippen LogP) is 2.72. The Kier molecular flexibility index (Phi) is 5.78. The van der Waals surface area contributed by atoms with Crippen LogP contribution in [0.15, 0.2) is 47.6 Å². The second-order valence-corrected chi connectivity index (χ2v) is 6.26. The third kappa shape index (κ3) is 4.40. The monoisotopic (exact) mass is 382 g/mol. The van der Waals surface area contributed by atoms with Crippen LogP contribution in [0.1, 0.15) is 24.0 Å². The minimum atomic E-state index is -0.639. The summed E-state index contributed by atoms with van der Waals surface area (Å²) in [6.07, 6.45) is 0.917. The van der Waals surface area contributed by atoms with Crippen molar-refractivity contribution in [3.63, 3.8) is 0 Å². The fraction of sp³-hybridized carbons (Fsp3) is 0.250. The van der Waals surface area contributed by atoms with Crippen LogP contribution in [0.4, 0.5) is 10.5 Å². The number of hydrazone groups is 1. The lowest BCUT2D eigenvalue weighted by Gasteiger charge is -2.24. The molecule has 8 heteroatoms. The zero-order valence-corrected chi connectivity index (χ0v) is 15.8. The molecule has 1 aliphatic heterocycles. The zero-order chi connectivity index (χ0) is 20.1. The van der Waals surface area contributed by atoms with E-state index in [-0.39, 0.29) is 5.91 Å². The van der Waals surface area contributed by atoms with Gasteiger partial charge in [0.05, 0.1) is 26.5 Å². The molecule has 1 heterocycles. The first kappa shape index (κ1) is 19.2. The number of ether oxygens (including phenoxy) is 2. The lowest BCUT2D eigenvalue weighted by molar-refractivity contribution is -0.132. The number of carbonyl (C=O) groups is 2. The number of methoxy groups -OCH3 is 2. The smallest absolute Gasteiger partial charge is 0.316 e. The van der Waals surface area contributed by atoms with Gasteiger partial charge >= 0.3 is 6.03 Å². The first-order valence-corrected chi connectivity index (χ1v) is 8.76. The average molecular weight is 382 g/mol. The predicted molar refractivity (Wildman–Crippen MR) is 106 cm³/mol. The summed E-state index contributed by atoms with van der Waals surface area (Å²) in [6, 6.07) is 12.1. The van der Waals surface area contributed by atoms with Crippen molar-refractivity contribution >= 4 is 23.3 Å². The van der Waals surface area contributed by atoms with Crippen molar-refractivity contribution in [1.82, 2.24) is 5.01 Å². The second kappa shape index (κ2) is 8.43. The van der Waals surface area contributed by atoms with Gasteiger partial charge < -0.3 is 20.5 Å². The number of nitrogens with zero attached hydrogens (tertiary/aromatic N) is 2. The molecule has 2 aromatic rings. The van der Waals surface area contributed by atoms with Crippen LogP contribution in [0.5, 0.6) is 11.5 Å². The molecule has 28 heavy (non-hydrogen) atoms. The van der Waals surface area contributed by atoms with E-state index in [1.165, 1.54) is 5.01 Å². The van der Waals surface area contributed by atoms with Crippen molar-refractivity contribution in [3.05, 3.63) is 53.6 Å². The van der Waals surface area contributed by atoms with E-state index in [0.29, 0.717) is 36.6 Å². The van der Waals surface area contributed by atoms with Gasteiger partial charge in [-0.05, 0) is 35.9 Å². The molecule has 0 spiro atoms. The molecule has 8 nitrogen and oxygen atoms in total. The molecule has 0 fully saturated rings. The maximum absolute atomic E-state index is 12.3. The Morgan fingerprint density at radius 2 is 1.93 bits per heavy atom. The molecule has 3 N–H and O–H groups in total. The summed E-state index contributed by atoms with van der Waals surface area (Å²) in [5.74, 6) is 1.18. The molecule has 0 bridgehead atoms. The molecule has 146 valence electrons. The lowest BCUT2D eigenvalue weighted by Crippen LogP contribution is -2.31. The molecule has 3 rings (SSSR count). The van der Waals surface area contributed by atoms with Gasteiger partial charge in [0.2, 0.25) is 5.91 Å². The van der Waals surface area contributed by atoms with E-state index in [1.54, 1.807) is 32.4 Å². The van der Waals surface area contributed by atoms with Crippen molar-refractivity contribution in [2.24, 2.45) is 10.8 Å². The third-order valence-electron chi connectivity index (χ3n) is 4.35. The van der Waals surface area contributed by atoms with Crippen LogP contribution in [0.25, 0.3) is 0 Å². The van der Waals surface area contributed by atoms with Crippen LogP contribution in [-0.2, 0) is 11.3 Å². The molecule has 0 saturated carbocycles. The summed E-state index contributed by atoms with van der Waals surface area (Å²) in [5, 5.41) is 8.51. The van der Waals surface area contributed by atoms with Gasteiger partial charge in [0.1, 0.15) is 0 Å². The van der Waals surface area contributed by atoms with Crippen molar-refractivity contribution in [1.29, 1.82) is 0 Å². The molecule has 0 aromatic heterocycles. The molecular weight excluding hydrogens is 360 g/mol. The van der Waals surface area contributed by atoms with Crippen LogP contribution in [0.3, 0.4) is 0 Å². The van der Waals surface area contributed by atoms with E-state index in [1.807, 2.05) is 24.3 Å². The first-order chi connectivity index (χ1) is 13.5. The Labute approximate surface area is 162 Å². The number of hydrogen-bond acceptors (Lipinski definition) is 5. The lowest BCUT2D eigenvalue weighted by atomic mass is 10.0. The number of urea groups is 1. The summed E-state index contributed by atoms with van der Waals surface area (Å²) in [5.41, 5.74) is 8.22. The molecule has 0 aliphatic carbocycles. The number of carbonyl (C=O) groups excluding carboxylic acids is 2. The van der Waals surface area contributed by atoms with Gasteiger partial charge in [0, 0.05) is 24.1 Å². The maximum atomic E-state index is 12.3. The first-order valence-electron chi connectivity index (χ1n) is 8.76. The summed E-state index contributed by atoms with van der Waals surface area (Å²) >= 11 is 0. The zero-order valence-electron chi connectivity index (χ0n) is 15.8. The van der Waals surface area contributed by atoms with Gasteiger partial charge in [-0.15, -0.1) is 0 Å². The van der Waals surface area contributed by atoms with E-state index in [9.17, 15) is 9.59 Å². The summed E-state index contributed by atoms with van der Waals surface area (Å²) in [4.78, 5) is 23.4. The Morgan fingerprint density at radius 3 is 2.64 bits per heavy atom. The van der Waals surface area contributed by atoms with E-state index in [2.05, 4.69) is 10.4 Å². The van der Waals surface area contributed by atoms with Crippen LogP contribution < -0.4 is 20.5 Å². The van der Waals surface area contributed by atoms with Crippen LogP contribution >= 0.6 is 0 Å². The number of primary amides is 1. The standard InChI is InChI=1S/C20H22N4O4/c1-27-17-8-6-14(11-18(17)28-2)16-7-9-19(25)24(23-16)12-13-4-3-5-15(10-13)22-20(21)26/h3-6,8,10-11H,7,9,12H2,1-2H3,(H3,21,22,26). The molecule has 3 amide bonds. The van der Waals surface area contributed by atoms with E-state index >= 15 is 0 Å². The summed E-state index contributed by atoms with van der Waals surface area (Å²) in [7, 11) is 3.16. The Bertz CT molecular complexity index is 926. The number of nitrogens with two attached hydrogens (primary N) is 1. The average Bonchev–Trinajstić information content (AvgIpc) is 2.69. The number of hydrogen-bond donors (Lipinski definition) is 2. The minimum Gasteiger partial charge on any atom is -0.493 e. The van der Waals surface area contributed by atoms with Gasteiger partial charge in [-0.2, -0.15) is 5.10 Å².